The maximum Gasteiger partial charge on any atom is 0.266 e. The zero-order valence-electron chi connectivity index (χ0n) is 14.5. The number of nitrogens with one attached hydrogen (secondary N) is 2. The highest BCUT2D eigenvalue weighted by atomic mass is 16.2. The number of carbonyl (C=O) groups is 1. The van der Waals surface area contributed by atoms with E-state index >= 15 is 0 Å². The molecule has 0 unspecified atom stereocenters. The Bertz CT molecular complexity index is 1040. The van der Waals surface area contributed by atoms with Crippen LogP contribution >= 0.6 is 0 Å². The number of aromatic nitrogens is 5. The van der Waals surface area contributed by atoms with Gasteiger partial charge >= 0.3 is 0 Å². The lowest BCUT2D eigenvalue weighted by Gasteiger charge is -2.27. The molecule has 0 bridgehead atoms. The van der Waals surface area contributed by atoms with Crippen molar-refractivity contribution >= 4 is 11.6 Å². The van der Waals surface area contributed by atoms with Crippen molar-refractivity contribution in [2.24, 2.45) is 0 Å². The molecule has 4 rings (SSSR count). The fourth-order valence-electron chi connectivity index (χ4n) is 3.52. The second-order valence-corrected chi connectivity index (χ2v) is 6.59. The molecule has 4 heterocycles. The van der Waals surface area contributed by atoms with Crippen molar-refractivity contribution in [3.05, 3.63) is 50.3 Å². The van der Waals surface area contributed by atoms with Gasteiger partial charge in [-0.3, -0.25) is 19.8 Å². The summed E-state index contributed by atoms with van der Waals surface area (Å²) >= 11 is 0. The van der Waals surface area contributed by atoms with E-state index in [-0.39, 0.29) is 17.9 Å². The second-order valence-electron chi connectivity index (χ2n) is 6.59. The van der Waals surface area contributed by atoms with E-state index in [0.29, 0.717) is 18.7 Å². The number of aryl methyl sites for hydroxylation is 3. The van der Waals surface area contributed by atoms with Crippen molar-refractivity contribution in [3.63, 3.8) is 0 Å². The van der Waals surface area contributed by atoms with Gasteiger partial charge in [0, 0.05) is 53.8 Å². The van der Waals surface area contributed by atoms with Crippen LogP contribution in [0.25, 0.3) is 5.65 Å². The monoisotopic (exact) mass is 340 g/mol. The lowest BCUT2D eigenvalue weighted by Crippen LogP contribution is -2.37. The summed E-state index contributed by atoms with van der Waals surface area (Å²) in [4.78, 5) is 30.7. The van der Waals surface area contributed by atoms with Crippen molar-refractivity contribution in [3.8, 4) is 0 Å². The largest absolute Gasteiger partial charge is 0.338 e. The van der Waals surface area contributed by atoms with Crippen LogP contribution in [0.3, 0.4) is 0 Å². The molecule has 1 aliphatic heterocycles. The number of rotatable bonds is 2. The molecule has 3 aromatic heterocycles. The summed E-state index contributed by atoms with van der Waals surface area (Å²) in [7, 11) is 0. The lowest BCUT2D eigenvalue weighted by molar-refractivity contribution is -0.131. The molecule has 1 amide bonds. The van der Waals surface area contributed by atoms with Crippen LogP contribution in [0.4, 0.5) is 0 Å². The quantitative estimate of drug-likeness (QED) is 0.721. The molecule has 2 N–H and O–H groups in total. The molecule has 0 radical (unpaired) electrons. The molecular formula is C17H20N6O2. The number of nitrogens with zero attached hydrogens (tertiary/aromatic N) is 4. The molecule has 0 saturated heterocycles. The minimum Gasteiger partial charge on any atom is -0.338 e. The Labute approximate surface area is 143 Å². The van der Waals surface area contributed by atoms with Gasteiger partial charge in [-0.15, -0.1) is 0 Å². The first-order valence-corrected chi connectivity index (χ1v) is 8.32. The van der Waals surface area contributed by atoms with Crippen LogP contribution in [-0.2, 0) is 24.2 Å². The summed E-state index contributed by atoms with van der Waals surface area (Å²) in [5.41, 5.74) is 6.06. The van der Waals surface area contributed by atoms with E-state index in [9.17, 15) is 9.59 Å². The predicted molar refractivity (Wildman–Crippen MR) is 91.4 cm³/mol. The summed E-state index contributed by atoms with van der Waals surface area (Å²) in [6.07, 6.45) is 1.04. The molecule has 1 aliphatic rings. The first-order valence-electron chi connectivity index (χ1n) is 8.32. The van der Waals surface area contributed by atoms with Gasteiger partial charge in [0.25, 0.3) is 5.56 Å². The number of aromatic amines is 2. The van der Waals surface area contributed by atoms with Crippen molar-refractivity contribution in [1.82, 2.24) is 29.7 Å². The van der Waals surface area contributed by atoms with Crippen LogP contribution in [0.1, 0.15) is 33.9 Å². The normalized spacial score (nSPS) is 14.1. The van der Waals surface area contributed by atoms with Crippen LogP contribution in [0.5, 0.6) is 0 Å². The highest BCUT2D eigenvalue weighted by Gasteiger charge is 2.25. The van der Waals surface area contributed by atoms with Crippen LogP contribution in [-0.4, -0.2) is 42.1 Å². The number of fused-ring (bicyclic) bond motifs is 2. The average Bonchev–Trinajstić information content (AvgIpc) is 3.13. The van der Waals surface area contributed by atoms with E-state index in [1.165, 1.54) is 6.07 Å². The molecule has 0 fully saturated rings. The van der Waals surface area contributed by atoms with Gasteiger partial charge in [0.1, 0.15) is 0 Å². The van der Waals surface area contributed by atoms with Crippen LogP contribution in [0.2, 0.25) is 0 Å². The number of amides is 1. The van der Waals surface area contributed by atoms with Gasteiger partial charge in [-0.2, -0.15) is 5.10 Å². The topological polar surface area (TPSA) is 99.1 Å². The molecule has 0 spiro atoms. The van der Waals surface area contributed by atoms with Gasteiger partial charge < -0.3 is 4.90 Å². The third-order valence-electron chi connectivity index (χ3n) is 5.01. The number of hydrogen-bond acceptors (Lipinski definition) is 4. The number of carbonyl (C=O) groups excluding carboxylic acids is 1. The van der Waals surface area contributed by atoms with Crippen molar-refractivity contribution in [1.29, 1.82) is 0 Å². The van der Waals surface area contributed by atoms with Gasteiger partial charge in [-0.25, -0.2) is 9.50 Å². The third kappa shape index (κ3) is 2.54. The van der Waals surface area contributed by atoms with Gasteiger partial charge in [0.15, 0.2) is 5.65 Å². The molecule has 0 saturated carbocycles. The average molecular weight is 340 g/mol. The molecule has 8 heteroatoms. The van der Waals surface area contributed by atoms with Crippen molar-refractivity contribution in [2.75, 3.05) is 6.54 Å². The predicted octanol–water partition coefficient (Wildman–Crippen LogP) is 0.798. The maximum atomic E-state index is 12.8. The minimum atomic E-state index is -0.197. The van der Waals surface area contributed by atoms with Crippen molar-refractivity contribution in [2.45, 2.75) is 40.2 Å². The summed E-state index contributed by atoms with van der Waals surface area (Å²) in [6, 6.07) is 1.46. The van der Waals surface area contributed by atoms with Gasteiger partial charge in [0.2, 0.25) is 5.91 Å². The van der Waals surface area contributed by atoms with E-state index in [0.717, 1.165) is 40.3 Å². The van der Waals surface area contributed by atoms with Crippen LogP contribution in [0.15, 0.2) is 10.9 Å². The first kappa shape index (κ1) is 15.6. The second kappa shape index (κ2) is 5.58. The minimum absolute atomic E-state index is 0.0631. The smallest absolute Gasteiger partial charge is 0.266 e. The van der Waals surface area contributed by atoms with E-state index in [2.05, 4.69) is 20.3 Å². The Hall–Kier alpha value is -2.90. The van der Waals surface area contributed by atoms with E-state index in [4.69, 9.17) is 0 Å². The SMILES string of the molecule is Cc1nc2cc(=O)[nH]n2c(C)c1CC(=O)N1CCc2n[nH]c(C)c2C1. The lowest BCUT2D eigenvalue weighted by atomic mass is 10.0. The van der Waals surface area contributed by atoms with Gasteiger partial charge in [0.05, 0.1) is 12.1 Å². The van der Waals surface area contributed by atoms with Crippen LogP contribution < -0.4 is 5.56 Å². The van der Waals surface area contributed by atoms with Gasteiger partial charge in [-0.1, -0.05) is 0 Å². The number of H-pyrrole nitrogens is 2. The molecule has 0 aromatic carbocycles. The molecule has 0 atom stereocenters. The van der Waals surface area contributed by atoms with Crippen molar-refractivity contribution < 1.29 is 4.79 Å². The zero-order valence-corrected chi connectivity index (χ0v) is 14.5. The Morgan fingerprint density at radius 3 is 2.92 bits per heavy atom. The Balaban J connectivity index is 1.62. The summed E-state index contributed by atoms with van der Waals surface area (Å²) in [5, 5.41) is 10.0. The Kier molecular flexibility index (Phi) is 3.48. The standard InChI is InChI=1S/C17H20N6O2/c1-9-12(11(3)23-15(18-9)7-16(24)21-23)6-17(25)22-5-4-14-13(8-22)10(2)19-20-14/h7H,4-6,8H2,1-3H3,(H,19,20)(H,21,24). The highest BCUT2D eigenvalue weighted by Crippen LogP contribution is 2.21. The molecular weight excluding hydrogens is 320 g/mol. The van der Waals surface area contributed by atoms with Crippen LogP contribution in [0, 0.1) is 20.8 Å². The maximum absolute atomic E-state index is 12.8. The molecule has 25 heavy (non-hydrogen) atoms. The molecule has 0 aliphatic carbocycles. The Morgan fingerprint density at radius 1 is 1.32 bits per heavy atom. The van der Waals surface area contributed by atoms with Gasteiger partial charge in [-0.05, 0) is 20.8 Å². The summed E-state index contributed by atoms with van der Waals surface area (Å²) in [6.45, 7) is 7.01. The van der Waals surface area contributed by atoms with E-state index in [1.54, 1.807) is 4.52 Å². The Morgan fingerprint density at radius 2 is 2.12 bits per heavy atom. The zero-order chi connectivity index (χ0) is 17.7. The highest BCUT2D eigenvalue weighted by molar-refractivity contribution is 5.79. The fourth-order valence-corrected chi connectivity index (χ4v) is 3.52. The summed E-state index contributed by atoms with van der Waals surface area (Å²) in [5.74, 6) is 0.0631. The molecule has 130 valence electrons. The molecule has 3 aromatic rings. The first-order chi connectivity index (χ1) is 11.9. The van der Waals surface area contributed by atoms with E-state index in [1.807, 2.05) is 25.7 Å². The number of hydrogen-bond donors (Lipinski definition) is 2. The summed E-state index contributed by atoms with van der Waals surface area (Å²) < 4.78 is 1.65. The third-order valence-corrected chi connectivity index (χ3v) is 5.01. The van der Waals surface area contributed by atoms with E-state index < -0.39 is 0 Å². The fraction of sp³-hybridized carbons (Fsp3) is 0.412. The molecule has 8 nitrogen and oxygen atoms in total.